The van der Waals surface area contributed by atoms with Gasteiger partial charge in [-0.2, -0.15) is 0 Å². The Morgan fingerprint density at radius 3 is 2.47 bits per heavy atom. The van der Waals surface area contributed by atoms with E-state index in [9.17, 15) is 0 Å². The van der Waals surface area contributed by atoms with E-state index < -0.39 is 0 Å². The lowest BCUT2D eigenvalue weighted by Crippen LogP contribution is -2.22. The fourth-order valence-electron chi connectivity index (χ4n) is 1.38. The minimum Gasteiger partial charge on any atom is -0.490 e. The topological polar surface area (TPSA) is 21.3 Å². The van der Waals surface area contributed by atoms with Crippen molar-refractivity contribution < 1.29 is 4.74 Å². The van der Waals surface area contributed by atoms with Gasteiger partial charge in [-0.1, -0.05) is 43.1 Å². The van der Waals surface area contributed by atoms with Gasteiger partial charge in [0.05, 0.1) is 16.7 Å². The smallest absolute Gasteiger partial charge is 0.156 e. The molecular weight excluding hydrogens is 257 g/mol. The second-order valence-corrected chi connectivity index (χ2v) is 5.17. The summed E-state index contributed by atoms with van der Waals surface area (Å²) in [6, 6.07) is 5.36. The first-order valence-electron chi connectivity index (χ1n) is 5.88. The maximum absolute atomic E-state index is 5.99. The van der Waals surface area contributed by atoms with E-state index in [1.54, 1.807) is 12.1 Å². The van der Waals surface area contributed by atoms with Crippen molar-refractivity contribution in [1.82, 2.24) is 5.32 Å². The van der Waals surface area contributed by atoms with Gasteiger partial charge in [0, 0.05) is 0 Å². The van der Waals surface area contributed by atoms with E-state index in [1.807, 2.05) is 6.07 Å². The van der Waals surface area contributed by atoms with Crippen LogP contribution in [0.25, 0.3) is 0 Å². The third-order valence-corrected chi connectivity index (χ3v) is 2.81. The number of nitrogens with one attached hydrogen (secondary N) is 1. The van der Waals surface area contributed by atoms with Crippen molar-refractivity contribution in [3.63, 3.8) is 0 Å². The summed E-state index contributed by atoms with van der Waals surface area (Å²) >= 11 is 12.0. The summed E-state index contributed by atoms with van der Waals surface area (Å²) in [6.07, 6.45) is 0.939. The van der Waals surface area contributed by atoms with Crippen LogP contribution in [0, 0.1) is 5.92 Å². The van der Waals surface area contributed by atoms with E-state index in [4.69, 9.17) is 27.9 Å². The lowest BCUT2D eigenvalue weighted by Gasteiger charge is -2.10. The van der Waals surface area contributed by atoms with Crippen LogP contribution in [0.4, 0.5) is 0 Å². The average Bonchev–Trinajstić information content (AvgIpc) is 2.26. The van der Waals surface area contributed by atoms with E-state index in [-0.39, 0.29) is 0 Å². The number of benzene rings is 1. The van der Waals surface area contributed by atoms with Crippen molar-refractivity contribution >= 4 is 23.2 Å². The summed E-state index contributed by atoms with van der Waals surface area (Å²) in [7, 11) is 0. The van der Waals surface area contributed by atoms with Gasteiger partial charge in [0.1, 0.15) is 0 Å². The van der Waals surface area contributed by atoms with Crippen LogP contribution in [0.2, 0.25) is 10.0 Å². The number of para-hydroxylation sites is 1. The molecule has 0 saturated heterocycles. The van der Waals surface area contributed by atoms with Gasteiger partial charge in [-0.05, 0) is 37.6 Å². The second kappa shape index (κ2) is 7.80. The van der Waals surface area contributed by atoms with Crippen molar-refractivity contribution in [2.75, 3.05) is 19.7 Å². The van der Waals surface area contributed by atoms with Gasteiger partial charge in [0.2, 0.25) is 0 Å². The Kier molecular flexibility index (Phi) is 6.71. The highest BCUT2D eigenvalue weighted by Gasteiger charge is 2.05. The maximum Gasteiger partial charge on any atom is 0.156 e. The molecule has 0 radical (unpaired) electrons. The summed E-state index contributed by atoms with van der Waals surface area (Å²) in [4.78, 5) is 0. The summed E-state index contributed by atoms with van der Waals surface area (Å²) in [5, 5.41) is 4.48. The fourth-order valence-corrected chi connectivity index (χ4v) is 1.89. The quantitative estimate of drug-likeness (QED) is 0.760. The van der Waals surface area contributed by atoms with Crippen LogP contribution in [0.15, 0.2) is 18.2 Å². The molecule has 1 N–H and O–H groups in total. The van der Waals surface area contributed by atoms with Crippen molar-refractivity contribution in [1.29, 1.82) is 0 Å². The predicted octanol–water partition coefficient (Wildman–Crippen LogP) is 4.01. The standard InChI is InChI=1S/C13H19Cl2NO/c1-10(2)9-16-7-4-8-17-13-11(14)5-3-6-12(13)15/h3,5-6,10,16H,4,7-9H2,1-2H3. The number of ether oxygens (including phenoxy) is 1. The Morgan fingerprint density at radius 2 is 1.88 bits per heavy atom. The van der Waals surface area contributed by atoms with Gasteiger partial charge >= 0.3 is 0 Å². The number of rotatable bonds is 7. The van der Waals surface area contributed by atoms with E-state index >= 15 is 0 Å². The fraction of sp³-hybridized carbons (Fsp3) is 0.538. The van der Waals surface area contributed by atoms with Gasteiger partial charge in [-0.15, -0.1) is 0 Å². The Hall–Kier alpha value is -0.440. The molecule has 0 aliphatic carbocycles. The maximum atomic E-state index is 5.99. The molecule has 0 fully saturated rings. The molecule has 0 aliphatic heterocycles. The van der Waals surface area contributed by atoms with Crippen LogP contribution >= 0.6 is 23.2 Å². The highest BCUT2D eigenvalue weighted by molar-refractivity contribution is 6.37. The molecule has 96 valence electrons. The van der Waals surface area contributed by atoms with E-state index in [0.717, 1.165) is 19.5 Å². The van der Waals surface area contributed by atoms with Gasteiger partial charge in [-0.3, -0.25) is 0 Å². The molecule has 0 unspecified atom stereocenters. The minimum atomic E-state index is 0.563. The molecule has 1 rings (SSSR count). The minimum absolute atomic E-state index is 0.563. The molecule has 0 heterocycles. The Morgan fingerprint density at radius 1 is 1.24 bits per heavy atom. The van der Waals surface area contributed by atoms with Crippen molar-refractivity contribution in [2.45, 2.75) is 20.3 Å². The number of hydrogen-bond donors (Lipinski definition) is 1. The molecule has 4 heteroatoms. The van der Waals surface area contributed by atoms with Crippen LogP contribution in [0.1, 0.15) is 20.3 Å². The highest BCUT2D eigenvalue weighted by atomic mass is 35.5. The van der Waals surface area contributed by atoms with E-state index in [2.05, 4.69) is 19.2 Å². The van der Waals surface area contributed by atoms with E-state index in [1.165, 1.54) is 0 Å². The lowest BCUT2D eigenvalue weighted by atomic mass is 10.2. The third kappa shape index (κ3) is 5.62. The molecular formula is C13H19Cl2NO. The van der Waals surface area contributed by atoms with Crippen LogP contribution in [0.5, 0.6) is 5.75 Å². The summed E-state index contributed by atoms with van der Waals surface area (Å²) in [6.45, 7) is 6.97. The first kappa shape index (κ1) is 14.6. The monoisotopic (exact) mass is 275 g/mol. The van der Waals surface area contributed by atoms with Crippen LogP contribution in [-0.2, 0) is 0 Å². The molecule has 0 spiro atoms. The second-order valence-electron chi connectivity index (χ2n) is 4.35. The van der Waals surface area contributed by atoms with E-state index in [0.29, 0.717) is 28.3 Å². The molecule has 0 aromatic heterocycles. The first-order chi connectivity index (χ1) is 8.11. The molecule has 17 heavy (non-hydrogen) atoms. The zero-order valence-electron chi connectivity index (χ0n) is 10.3. The number of halogens is 2. The zero-order chi connectivity index (χ0) is 12.7. The molecule has 0 atom stereocenters. The van der Waals surface area contributed by atoms with Gasteiger partial charge in [-0.25, -0.2) is 0 Å². The lowest BCUT2D eigenvalue weighted by molar-refractivity contribution is 0.307. The Labute approximate surface area is 113 Å². The summed E-state index contributed by atoms with van der Waals surface area (Å²) in [5.41, 5.74) is 0. The molecule has 1 aromatic carbocycles. The third-order valence-electron chi connectivity index (χ3n) is 2.22. The first-order valence-corrected chi connectivity index (χ1v) is 6.64. The number of hydrogen-bond acceptors (Lipinski definition) is 2. The molecule has 2 nitrogen and oxygen atoms in total. The Bertz CT molecular complexity index is 322. The van der Waals surface area contributed by atoms with Crippen molar-refractivity contribution in [3.05, 3.63) is 28.2 Å². The molecule has 0 amide bonds. The zero-order valence-corrected chi connectivity index (χ0v) is 11.8. The largest absolute Gasteiger partial charge is 0.490 e. The normalized spacial score (nSPS) is 10.9. The average molecular weight is 276 g/mol. The molecule has 0 aliphatic rings. The summed E-state index contributed by atoms with van der Waals surface area (Å²) in [5.74, 6) is 1.26. The van der Waals surface area contributed by atoms with Crippen LogP contribution in [-0.4, -0.2) is 19.7 Å². The Balaban J connectivity index is 2.22. The molecule has 0 saturated carbocycles. The SMILES string of the molecule is CC(C)CNCCCOc1c(Cl)cccc1Cl. The van der Waals surface area contributed by atoms with Crippen molar-refractivity contribution in [3.8, 4) is 5.75 Å². The predicted molar refractivity (Wildman–Crippen MR) is 74.3 cm³/mol. The molecule has 1 aromatic rings. The van der Waals surface area contributed by atoms with Crippen LogP contribution in [0.3, 0.4) is 0 Å². The highest BCUT2D eigenvalue weighted by Crippen LogP contribution is 2.32. The van der Waals surface area contributed by atoms with Gasteiger partial charge in [0.25, 0.3) is 0 Å². The van der Waals surface area contributed by atoms with Gasteiger partial charge < -0.3 is 10.1 Å². The molecule has 0 bridgehead atoms. The van der Waals surface area contributed by atoms with Gasteiger partial charge in [0.15, 0.2) is 5.75 Å². The van der Waals surface area contributed by atoms with Crippen LogP contribution < -0.4 is 10.1 Å². The summed E-state index contributed by atoms with van der Waals surface area (Å²) < 4.78 is 5.57. The van der Waals surface area contributed by atoms with Crippen molar-refractivity contribution in [2.24, 2.45) is 5.92 Å².